The van der Waals surface area contributed by atoms with Gasteiger partial charge >= 0.3 is 0 Å². The molecule has 3 aromatic rings. The lowest BCUT2D eigenvalue weighted by molar-refractivity contribution is 0.0999. The van der Waals surface area contributed by atoms with E-state index in [1.54, 1.807) is 29.4 Å². The number of rotatable bonds is 5. The van der Waals surface area contributed by atoms with E-state index in [-0.39, 0.29) is 23.5 Å². The highest BCUT2D eigenvalue weighted by Gasteiger charge is 2.34. The Morgan fingerprint density at radius 1 is 1.18 bits per heavy atom. The number of fused-ring (bicyclic) bond motifs is 1. The molecule has 0 unspecified atom stereocenters. The number of benzene rings is 1. The quantitative estimate of drug-likeness (QED) is 0.503. The topological polar surface area (TPSA) is 99.8 Å². The lowest BCUT2D eigenvalue weighted by Crippen LogP contribution is -2.26. The van der Waals surface area contributed by atoms with E-state index in [1.165, 1.54) is 28.0 Å². The third-order valence-electron chi connectivity index (χ3n) is 7.37. The number of nitrogens with zero attached hydrogens (tertiary/aromatic N) is 4. The van der Waals surface area contributed by atoms with Crippen molar-refractivity contribution >= 4 is 34.5 Å². The van der Waals surface area contributed by atoms with Crippen molar-refractivity contribution in [1.82, 2.24) is 9.78 Å². The van der Waals surface area contributed by atoms with Gasteiger partial charge < -0.3 is 15.3 Å². The number of carbonyl (C=O) groups excluding carboxylic acids is 1. The van der Waals surface area contributed by atoms with Crippen molar-refractivity contribution < 1.29 is 9.90 Å². The van der Waals surface area contributed by atoms with E-state index in [2.05, 4.69) is 42.2 Å². The summed E-state index contributed by atoms with van der Waals surface area (Å²) in [6, 6.07) is 9.40. The molecule has 1 fully saturated rings. The summed E-state index contributed by atoms with van der Waals surface area (Å²) in [6.45, 7) is 7.30. The van der Waals surface area contributed by atoms with Crippen LogP contribution in [0.3, 0.4) is 0 Å². The van der Waals surface area contributed by atoms with Crippen LogP contribution in [-0.2, 0) is 25.6 Å². The molecule has 1 aliphatic carbocycles. The molecule has 2 aliphatic heterocycles. The van der Waals surface area contributed by atoms with Crippen LogP contribution in [0.25, 0.3) is 11.3 Å². The number of carbonyl (C=O) groups is 1. The number of aliphatic hydroxyl groups is 1. The fourth-order valence-corrected chi connectivity index (χ4v) is 6.26. The molecule has 0 atom stereocenters. The summed E-state index contributed by atoms with van der Waals surface area (Å²) < 4.78 is 1.29. The van der Waals surface area contributed by atoms with Gasteiger partial charge in [-0.3, -0.25) is 14.6 Å². The molecule has 1 saturated carbocycles. The normalized spacial score (nSPS) is 17.1. The summed E-state index contributed by atoms with van der Waals surface area (Å²) in [6.07, 6.45) is 4.46. The summed E-state index contributed by atoms with van der Waals surface area (Å²) in [5, 5.41) is 18.1. The molecule has 0 saturated heterocycles. The van der Waals surface area contributed by atoms with Crippen LogP contribution in [0.1, 0.15) is 59.3 Å². The zero-order chi connectivity index (χ0) is 26.8. The molecule has 0 bridgehead atoms. The third kappa shape index (κ3) is 4.29. The van der Waals surface area contributed by atoms with Crippen LogP contribution in [0.15, 0.2) is 51.8 Å². The molecule has 3 aliphatic rings. The largest absolute Gasteiger partial charge is 0.392 e. The van der Waals surface area contributed by atoms with Crippen molar-refractivity contribution in [3.8, 4) is 11.3 Å². The number of nitrogens with one attached hydrogen (secondary N) is 1. The van der Waals surface area contributed by atoms with Crippen LogP contribution < -0.4 is 15.8 Å². The number of amides is 1. The van der Waals surface area contributed by atoms with Crippen molar-refractivity contribution in [2.24, 2.45) is 18.0 Å². The maximum absolute atomic E-state index is 13.4. The summed E-state index contributed by atoms with van der Waals surface area (Å²) in [5.74, 6) is 1.25. The van der Waals surface area contributed by atoms with E-state index in [0.29, 0.717) is 53.0 Å². The lowest BCUT2D eigenvalue weighted by atomic mass is 9.94. The van der Waals surface area contributed by atoms with Gasteiger partial charge in [0.1, 0.15) is 11.5 Å². The molecular weight excluding hydrogens is 498 g/mol. The summed E-state index contributed by atoms with van der Waals surface area (Å²) >= 11 is 1.55. The van der Waals surface area contributed by atoms with Gasteiger partial charge in [0.15, 0.2) is 0 Å². The Labute approximate surface area is 225 Å². The van der Waals surface area contributed by atoms with Gasteiger partial charge in [-0.2, -0.15) is 5.10 Å². The number of hydrogen-bond acceptors (Lipinski definition) is 7. The molecule has 2 aromatic heterocycles. The van der Waals surface area contributed by atoms with Gasteiger partial charge in [0.25, 0.3) is 11.5 Å². The summed E-state index contributed by atoms with van der Waals surface area (Å²) in [5.41, 5.74) is 4.86. The Bertz CT molecular complexity index is 1590. The molecule has 6 rings (SSSR count). The Morgan fingerprint density at radius 3 is 2.66 bits per heavy atom. The molecule has 196 valence electrons. The van der Waals surface area contributed by atoms with Crippen LogP contribution >= 0.6 is 11.3 Å². The number of aryl methyl sites for hydroxylation is 1. The molecule has 1 aromatic carbocycles. The van der Waals surface area contributed by atoms with Crippen LogP contribution in [0, 0.1) is 5.92 Å². The molecule has 1 amide bonds. The number of aliphatic hydroxyl groups excluding tert-OH is 1. The van der Waals surface area contributed by atoms with Gasteiger partial charge in [0.2, 0.25) is 0 Å². The maximum atomic E-state index is 13.4. The molecule has 4 heterocycles. The first-order valence-electron chi connectivity index (χ1n) is 12.9. The first-order valence-corrected chi connectivity index (χ1v) is 13.7. The number of hydrogen-bond donors (Lipinski definition) is 2. The fourth-order valence-electron chi connectivity index (χ4n) is 5.08. The second-order valence-electron chi connectivity index (χ2n) is 11.3. The predicted octanol–water partition coefficient (Wildman–Crippen LogP) is 4.62. The molecule has 8 nitrogen and oxygen atoms in total. The first kappa shape index (κ1) is 24.8. The summed E-state index contributed by atoms with van der Waals surface area (Å²) in [4.78, 5) is 34.6. The van der Waals surface area contributed by atoms with Crippen molar-refractivity contribution in [3.63, 3.8) is 0 Å². The molecule has 38 heavy (non-hydrogen) atoms. The van der Waals surface area contributed by atoms with Crippen LogP contribution in [0.5, 0.6) is 0 Å². The van der Waals surface area contributed by atoms with E-state index >= 15 is 0 Å². The van der Waals surface area contributed by atoms with Crippen molar-refractivity contribution in [2.45, 2.75) is 52.2 Å². The summed E-state index contributed by atoms with van der Waals surface area (Å²) in [7, 11) is 1.61. The Morgan fingerprint density at radius 2 is 1.97 bits per heavy atom. The smallest absolute Gasteiger partial charge is 0.290 e. The Balaban J connectivity index is 1.34. The van der Waals surface area contributed by atoms with Gasteiger partial charge in [-0.1, -0.05) is 32.9 Å². The maximum Gasteiger partial charge on any atom is 0.290 e. The minimum Gasteiger partial charge on any atom is -0.392 e. The van der Waals surface area contributed by atoms with E-state index in [1.807, 2.05) is 24.3 Å². The number of anilines is 2. The van der Waals surface area contributed by atoms with E-state index in [0.717, 1.165) is 10.4 Å². The standard InChI is InChI=1S/C29H31N5O3S/c1-29(2,3)24-10-18-14-34(28(37)26(18)38-24)23-7-5-6-19(20(23)15-35)21-12-22(27(36)33(4)32-21)31-25-11-17(13-30-25)16-8-9-16/h5-7,10-12,16,35H,8-9,13-15H2,1-4H3,(H,30,31). The fraction of sp³-hybridized carbons (Fsp3) is 0.379. The van der Waals surface area contributed by atoms with Gasteiger partial charge in [-0.25, -0.2) is 4.68 Å². The van der Waals surface area contributed by atoms with Gasteiger partial charge in [-0.05, 0) is 59.6 Å². The molecular formula is C29H31N5O3S. The van der Waals surface area contributed by atoms with Crippen LogP contribution in [0.2, 0.25) is 0 Å². The lowest BCUT2D eigenvalue weighted by Gasteiger charge is -2.22. The van der Waals surface area contributed by atoms with Gasteiger partial charge in [0.05, 0.1) is 36.0 Å². The van der Waals surface area contributed by atoms with Crippen LogP contribution in [-0.4, -0.2) is 33.2 Å². The number of thiophene rings is 1. The highest BCUT2D eigenvalue weighted by Crippen LogP contribution is 2.41. The predicted molar refractivity (Wildman–Crippen MR) is 151 cm³/mol. The van der Waals surface area contributed by atoms with Crippen molar-refractivity contribution in [1.29, 1.82) is 0 Å². The first-order chi connectivity index (χ1) is 18.1. The zero-order valence-corrected chi connectivity index (χ0v) is 22.9. The zero-order valence-electron chi connectivity index (χ0n) is 22.0. The number of amidine groups is 1. The molecule has 0 radical (unpaired) electrons. The number of aliphatic imine (C=N–C) groups is 1. The van der Waals surface area contributed by atoms with Crippen molar-refractivity contribution in [2.75, 3.05) is 16.8 Å². The van der Waals surface area contributed by atoms with E-state index < -0.39 is 0 Å². The van der Waals surface area contributed by atoms with Crippen molar-refractivity contribution in [3.05, 3.63) is 73.2 Å². The minimum atomic E-state index is -0.274. The molecule has 2 N–H and O–H groups in total. The average Bonchev–Trinajstić information content (AvgIpc) is 3.33. The second-order valence-corrected chi connectivity index (χ2v) is 12.3. The number of aromatic nitrogens is 2. The highest BCUT2D eigenvalue weighted by atomic mass is 32.1. The Kier molecular flexibility index (Phi) is 5.88. The van der Waals surface area contributed by atoms with Crippen LogP contribution in [0.4, 0.5) is 11.4 Å². The van der Waals surface area contributed by atoms with Gasteiger partial charge in [-0.15, -0.1) is 11.3 Å². The SMILES string of the molecule is Cn1nc(-c2cccc(N3Cc4cc(C(C)(C)C)sc4C3=O)c2CO)cc(NC2=NCC(C3CC3)=C2)c1=O. The monoisotopic (exact) mass is 529 g/mol. The van der Waals surface area contributed by atoms with E-state index in [9.17, 15) is 14.7 Å². The van der Waals surface area contributed by atoms with E-state index in [4.69, 9.17) is 0 Å². The Hall–Kier alpha value is -3.56. The highest BCUT2D eigenvalue weighted by molar-refractivity contribution is 7.14. The second kappa shape index (κ2) is 9.03. The molecule has 0 spiro atoms. The third-order valence-corrected chi connectivity index (χ3v) is 8.96. The molecule has 9 heteroatoms. The minimum absolute atomic E-state index is 0.0176. The van der Waals surface area contributed by atoms with Gasteiger partial charge in [0, 0.05) is 23.1 Å². The average molecular weight is 530 g/mol.